The summed E-state index contributed by atoms with van der Waals surface area (Å²) in [6.07, 6.45) is 2.31. The Balaban J connectivity index is 1.74. The molecule has 1 aromatic carbocycles. The van der Waals surface area contributed by atoms with Gasteiger partial charge >= 0.3 is 0 Å². The number of anilines is 1. The lowest BCUT2D eigenvalue weighted by atomic mass is 9.82. The van der Waals surface area contributed by atoms with Gasteiger partial charge < -0.3 is 20.1 Å². The number of quaternary nitrogens is 1. The predicted molar refractivity (Wildman–Crippen MR) is 90.1 cm³/mol. The highest BCUT2D eigenvalue weighted by molar-refractivity contribution is 5.45. The molecule has 1 heterocycles. The van der Waals surface area contributed by atoms with Gasteiger partial charge in [0.25, 0.3) is 0 Å². The average molecular weight is 307 g/mol. The zero-order valence-electron chi connectivity index (χ0n) is 14.4. The van der Waals surface area contributed by atoms with E-state index in [1.165, 1.54) is 11.3 Å². The molecule has 1 aromatic rings. The summed E-state index contributed by atoms with van der Waals surface area (Å²) in [4.78, 5) is 2.11. The molecule has 1 aliphatic rings. The van der Waals surface area contributed by atoms with Gasteiger partial charge in [0.2, 0.25) is 0 Å². The van der Waals surface area contributed by atoms with Crippen molar-refractivity contribution in [2.45, 2.75) is 50.9 Å². The van der Waals surface area contributed by atoms with Gasteiger partial charge in [0.15, 0.2) is 0 Å². The third-order valence-electron chi connectivity index (χ3n) is 4.46. The van der Waals surface area contributed by atoms with E-state index in [4.69, 9.17) is 4.74 Å². The van der Waals surface area contributed by atoms with Crippen molar-refractivity contribution in [1.82, 2.24) is 0 Å². The Bertz CT molecular complexity index is 470. The molecule has 0 amide bonds. The summed E-state index contributed by atoms with van der Waals surface area (Å²) in [5.74, 6) is 0. The quantitative estimate of drug-likeness (QED) is 0.784. The summed E-state index contributed by atoms with van der Waals surface area (Å²) in [5, 5.41) is 13.0. The van der Waals surface area contributed by atoms with Crippen LogP contribution in [0, 0.1) is 0 Å². The molecule has 1 atom stereocenters. The van der Waals surface area contributed by atoms with Crippen molar-refractivity contribution < 1.29 is 15.2 Å². The minimum absolute atomic E-state index is 0.199. The number of aliphatic hydroxyl groups is 1. The van der Waals surface area contributed by atoms with Crippen LogP contribution < -0.4 is 10.2 Å². The Hall–Kier alpha value is -1.10. The van der Waals surface area contributed by atoms with E-state index in [0.29, 0.717) is 6.61 Å². The minimum atomic E-state index is -0.562. The average Bonchev–Trinajstić information content (AvgIpc) is 2.43. The van der Waals surface area contributed by atoms with Crippen LogP contribution in [0.1, 0.15) is 38.7 Å². The molecule has 4 heteroatoms. The number of nitrogens with two attached hydrogens (primary N) is 1. The number of nitrogens with zero attached hydrogens (tertiary/aromatic N) is 1. The van der Waals surface area contributed by atoms with Crippen LogP contribution in [0.3, 0.4) is 0 Å². The molecule has 22 heavy (non-hydrogen) atoms. The largest absolute Gasteiger partial charge is 0.389 e. The van der Waals surface area contributed by atoms with Gasteiger partial charge in [-0.05, 0) is 32.4 Å². The molecule has 0 aromatic heterocycles. The highest BCUT2D eigenvalue weighted by Crippen LogP contribution is 2.33. The molecule has 2 rings (SSSR count). The second-order valence-electron chi connectivity index (χ2n) is 7.35. The van der Waals surface area contributed by atoms with E-state index >= 15 is 0 Å². The zero-order valence-corrected chi connectivity index (χ0v) is 14.4. The van der Waals surface area contributed by atoms with Gasteiger partial charge in [0.1, 0.15) is 6.54 Å². The van der Waals surface area contributed by atoms with Crippen LogP contribution >= 0.6 is 0 Å². The first-order valence-corrected chi connectivity index (χ1v) is 8.24. The van der Waals surface area contributed by atoms with Gasteiger partial charge in [0, 0.05) is 38.2 Å². The van der Waals surface area contributed by atoms with Crippen molar-refractivity contribution in [2.75, 3.05) is 32.1 Å². The lowest BCUT2D eigenvalue weighted by Crippen LogP contribution is -2.83. The number of rotatable bonds is 6. The highest BCUT2D eigenvalue weighted by Gasteiger charge is 2.39. The summed E-state index contributed by atoms with van der Waals surface area (Å²) in [7, 11) is 4.11. The van der Waals surface area contributed by atoms with Crippen molar-refractivity contribution in [3.8, 4) is 0 Å². The standard InChI is InChI=1S/C18H30N2O2/c1-17(2)14-18(21,10-12-22-17)9-11-19-13-15-5-7-16(8-6-15)20(3)4/h5-8,19,21H,9-14H2,1-4H3/p+1. The van der Waals surface area contributed by atoms with E-state index in [0.717, 1.165) is 32.4 Å². The molecule has 0 spiro atoms. The Morgan fingerprint density at radius 3 is 2.50 bits per heavy atom. The van der Waals surface area contributed by atoms with Crippen LogP contribution in [0.25, 0.3) is 0 Å². The summed E-state index contributed by atoms with van der Waals surface area (Å²) in [5.41, 5.74) is 1.79. The van der Waals surface area contributed by atoms with Crippen molar-refractivity contribution in [3.63, 3.8) is 0 Å². The van der Waals surface area contributed by atoms with Gasteiger partial charge in [0.05, 0.1) is 24.4 Å². The third kappa shape index (κ3) is 4.97. The second-order valence-corrected chi connectivity index (χ2v) is 7.35. The van der Waals surface area contributed by atoms with E-state index in [2.05, 4.69) is 62.4 Å². The fourth-order valence-corrected chi connectivity index (χ4v) is 3.23. The van der Waals surface area contributed by atoms with Crippen LogP contribution in [0.4, 0.5) is 5.69 Å². The van der Waals surface area contributed by atoms with E-state index in [9.17, 15) is 5.11 Å². The number of hydrogen-bond acceptors (Lipinski definition) is 3. The van der Waals surface area contributed by atoms with Crippen LogP contribution in [-0.4, -0.2) is 43.6 Å². The summed E-state index contributed by atoms with van der Waals surface area (Å²) in [6.45, 7) is 6.70. The Labute approximate surface area is 134 Å². The van der Waals surface area contributed by atoms with Crippen molar-refractivity contribution in [2.24, 2.45) is 0 Å². The molecule has 1 unspecified atom stereocenters. The molecule has 0 bridgehead atoms. The van der Waals surface area contributed by atoms with E-state index in [-0.39, 0.29) is 5.60 Å². The first-order valence-electron chi connectivity index (χ1n) is 8.24. The fraction of sp³-hybridized carbons (Fsp3) is 0.667. The summed E-state index contributed by atoms with van der Waals surface area (Å²) >= 11 is 0. The number of benzene rings is 1. The second kappa shape index (κ2) is 6.99. The fourth-order valence-electron chi connectivity index (χ4n) is 3.23. The minimum Gasteiger partial charge on any atom is -0.389 e. The molecule has 0 radical (unpaired) electrons. The van der Waals surface area contributed by atoms with Gasteiger partial charge in [-0.15, -0.1) is 0 Å². The van der Waals surface area contributed by atoms with Gasteiger partial charge in [-0.2, -0.15) is 0 Å². The molecular formula is C18H31N2O2+. The van der Waals surface area contributed by atoms with Gasteiger partial charge in [-0.3, -0.25) is 0 Å². The normalized spacial score (nSPS) is 24.2. The van der Waals surface area contributed by atoms with Crippen molar-refractivity contribution >= 4 is 5.69 Å². The molecule has 0 saturated carbocycles. The van der Waals surface area contributed by atoms with Crippen LogP contribution in [0.15, 0.2) is 24.3 Å². The molecule has 1 saturated heterocycles. The molecule has 124 valence electrons. The maximum absolute atomic E-state index is 10.7. The van der Waals surface area contributed by atoms with E-state index in [1.54, 1.807) is 0 Å². The first-order chi connectivity index (χ1) is 10.3. The molecule has 1 aliphatic heterocycles. The smallest absolute Gasteiger partial charge is 0.101 e. The van der Waals surface area contributed by atoms with Gasteiger partial charge in [-0.1, -0.05) is 12.1 Å². The monoisotopic (exact) mass is 307 g/mol. The predicted octanol–water partition coefficient (Wildman–Crippen LogP) is 1.53. The van der Waals surface area contributed by atoms with Gasteiger partial charge in [-0.25, -0.2) is 0 Å². The maximum Gasteiger partial charge on any atom is 0.101 e. The van der Waals surface area contributed by atoms with E-state index < -0.39 is 5.60 Å². The molecule has 1 fully saturated rings. The van der Waals surface area contributed by atoms with Crippen LogP contribution in [-0.2, 0) is 11.3 Å². The lowest BCUT2D eigenvalue weighted by Gasteiger charge is -2.41. The molecular weight excluding hydrogens is 276 g/mol. The SMILES string of the molecule is CN(C)c1ccc(C[NH2+]CCC2(O)CCOC(C)(C)C2)cc1. The van der Waals surface area contributed by atoms with Crippen molar-refractivity contribution in [3.05, 3.63) is 29.8 Å². The molecule has 0 aliphatic carbocycles. The summed E-state index contributed by atoms with van der Waals surface area (Å²) in [6, 6.07) is 8.66. The number of ether oxygens (including phenoxy) is 1. The van der Waals surface area contributed by atoms with E-state index in [1.807, 2.05) is 0 Å². The topological polar surface area (TPSA) is 49.3 Å². The van der Waals surface area contributed by atoms with Crippen molar-refractivity contribution in [1.29, 1.82) is 0 Å². The first kappa shape index (κ1) is 17.3. The Morgan fingerprint density at radius 1 is 1.23 bits per heavy atom. The van der Waals surface area contributed by atoms with Crippen LogP contribution in [0.5, 0.6) is 0 Å². The zero-order chi connectivity index (χ0) is 16.2. The molecule has 3 N–H and O–H groups in total. The number of hydrogen-bond donors (Lipinski definition) is 2. The Morgan fingerprint density at radius 2 is 1.91 bits per heavy atom. The molecule has 4 nitrogen and oxygen atoms in total. The highest BCUT2D eigenvalue weighted by atomic mass is 16.5. The lowest BCUT2D eigenvalue weighted by molar-refractivity contribution is -0.672. The van der Waals surface area contributed by atoms with Crippen LogP contribution in [0.2, 0.25) is 0 Å². The summed E-state index contributed by atoms with van der Waals surface area (Å²) < 4.78 is 5.69. The maximum atomic E-state index is 10.7. The Kier molecular flexibility index (Phi) is 5.48. The third-order valence-corrected chi connectivity index (χ3v) is 4.46.